The Balaban J connectivity index is 1.75. The molecule has 1 saturated carbocycles. The molecule has 3 atom stereocenters. The van der Waals surface area contributed by atoms with E-state index in [0.29, 0.717) is 36.8 Å². The summed E-state index contributed by atoms with van der Waals surface area (Å²) in [6.45, 7) is 2.72. The predicted molar refractivity (Wildman–Crippen MR) is 84.3 cm³/mol. The van der Waals surface area contributed by atoms with Crippen LogP contribution in [0.25, 0.3) is 0 Å². The minimum absolute atomic E-state index is 0.270. The largest absolute Gasteiger partial charge is 0.381 e. The molecule has 0 unspecified atom stereocenters. The minimum atomic E-state index is -0.302. The van der Waals surface area contributed by atoms with Gasteiger partial charge in [-0.3, -0.25) is 4.90 Å². The lowest BCUT2D eigenvalue weighted by Crippen LogP contribution is -2.51. The summed E-state index contributed by atoms with van der Waals surface area (Å²) in [5.74, 6) is 0.144. The van der Waals surface area contributed by atoms with E-state index in [1.807, 2.05) is 6.07 Å². The molecule has 3 rings (SSSR count). The highest BCUT2D eigenvalue weighted by molar-refractivity contribution is 5.32. The highest BCUT2D eigenvalue weighted by Gasteiger charge is 2.38. The van der Waals surface area contributed by atoms with Crippen LogP contribution in [0, 0.1) is 23.1 Å². The maximum atomic E-state index is 14.2. The monoisotopic (exact) mass is 318 g/mol. The van der Waals surface area contributed by atoms with Gasteiger partial charge in [0.2, 0.25) is 0 Å². The molecule has 1 heterocycles. The zero-order valence-electron chi connectivity index (χ0n) is 13.5. The van der Waals surface area contributed by atoms with Gasteiger partial charge in [-0.2, -0.15) is 5.26 Å². The van der Waals surface area contributed by atoms with Crippen molar-refractivity contribution >= 4 is 0 Å². The lowest BCUT2D eigenvalue weighted by molar-refractivity contribution is -0.0611. The molecule has 1 aliphatic carbocycles. The first-order chi connectivity index (χ1) is 11.2. The molecule has 2 aliphatic rings. The van der Waals surface area contributed by atoms with Crippen LogP contribution >= 0.6 is 0 Å². The first kappa shape index (κ1) is 16.4. The Morgan fingerprint density at radius 2 is 2.30 bits per heavy atom. The summed E-state index contributed by atoms with van der Waals surface area (Å²) in [6, 6.07) is 6.97. The van der Waals surface area contributed by atoms with Crippen molar-refractivity contribution in [1.29, 1.82) is 5.26 Å². The Bertz CT molecular complexity index is 587. The molecule has 1 aliphatic heterocycles. The van der Waals surface area contributed by atoms with Gasteiger partial charge < -0.3 is 9.47 Å². The average molecular weight is 318 g/mol. The van der Waals surface area contributed by atoms with E-state index in [0.717, 1.165) is 19.4 Å². The maximum Gasteiger partial charge on any atom is 0.129 e. The number of hydrogen-bond donors (Lipinski definition) is 0. The van der Waals surface area contributed by atoms with E-state index >= 15 is 0 Å². The molecule has 0 amide bonds. The van der Waals surface area contributed by atoms with Crippen molar-refractivity contribution in [2.45, 2.75) is 38.0 Å². The fourth-order valence-corrected chi connectivity index (χ4v) is 3.90. The van der Waals surface area contributed by atoms with Gasteiger partial charge in [0.15, 0.2) is 0 Å². The summed E-state index contributed by atoms with van der Waals surface area (Å²) in [7, 11) is 1.78. The molecular weight excluding hydrogens is 295 g/mol. The van der Waals surface area contributed by atoms with E-state index in [9.17, 15) is 4.39 Å². The quantitative estimate of drug-likeness (QED) is 0.856. The van der Waals surface area contributed by atoms with Crippen molar-refractivity contribution in [3.8, 4) is 6.07 Å². The van der Waals surface area contributed by atoms with Crippen molar-refractivity contribution in [2.75, 3.05) is 26.9 Å². The molecule has 124 valence electrons. The molecule has 23 heavy (non-hydrogen) atoms. The van der Waals surface area contributed by atoms with Gasteiger partial charge in [0.1, 0.15) is 5.82 Å². The Kier molecular flexibility index (Phi) is 5.27. The van der Waals surface area contributed by atoms with Gasteiger partial charge >= 0.3 is 0 Å². The second kappa shape index (κ2) is 7.39. The topological polar surface area (TPSA) is 45.5 Å². The smallest absolute Gasteiger partial charge is 0.129 e. The number of ether oxygens (including phenoxy) is 2. The van der Waals surface area contributed by atoms with Crippen molar-refractivity contribution in [2.24, 2.45) is 5.92 Å². The molecule has 0 radical (unpaired) electrons. The highest BCUT2D eigenvalue weighted by Crippen LogP contribution is 2.34. The van der Waals surface area contributed by atoms with Gasteiger partial charge in [-0.1, -0.05) is 12.5 Å². The van der Waals surface area contributed by atoms with Crippen LogP contribution in [0.5, 0.6) is 0 Å². The predicted octanol–water partition coefficient (Wildman–Crippen LogP) is 2.71. The summed E-state index contributed by atoms with van der Waals surface area (Å²) < 4.78 is 25.5. The zero-order valence-corrected chi connectivity index (χ0v) is 13.5. The number of methoxy groups -OCH3 is 1. The van der Waals surface area contributed by atoms with E-state index in [2.05, 4.69) is 4.90 Å². The van der Waals surface area contributed by atoms with Crippen molar-refractivity contribution in [3.05, 3.63) is 35.1 Å². The average Bonchev–Trinajstić information content (AvgIpc) is 3.05. The summed E-state index contributed by atoms with van der Waals surface area (Å²) in [4.78, 5) is 2.32. The second-order valence-corrected chi connectivity index (χ2v) is 6.40. The summed E-state index contributed by atoms with van der Waals surface area (Å²) in [5.41, 5.74) is 1.00. The van der Waals surface area contributed by atoms with E-state index in [1.54, 1.807) is 19.2 Å². The number of morpholine rings is 1. The van der Waals surface area contributed by atoms with Gasteiger partial charge in [0.25, 0.3) is 0 Å². The molecule has 0 aromatic heterocycles. The standard InChI is InChI=1S/C18H23FN2O2/c1-22-18-4-2-3-15(18)17-12-23-8-7-21(17)11-14-6-5-13(10-20)9-16(14)19/h5-6,9,15,17-18H,2-4,7-8,11-12H2,1H3/t15-,17-,18+/m0/s1. The molecule has 1 saturated heterocycles. The fourth-order valence-electron chi connectivity index (χ4n) is 3.90. The summed E-state index contributed by atoms with van der Waals surface area (Å²) in [5, 5.41) is 8.86. The third kappa shape index (κ3) is 3.55. The normalized spacial score (nSPS) is 28.7. The molecular formula is C18H23FN2O2. The van der Waals surface area contributed by atoms with Crippen molar-refractivity contribution in [1.82, 2.24) is 4.90 Å². The van der Waals surface area contributed by atoms with Gasteiger partial charge in [-0.25, -0.2) is 4.39 Å². The highest BCUT2D eigenvalue weighted by atomic mass is 19.1. The third-order valence-corrected chi connectivity index (χ3v) is 5.14. The van der Waals surface area contributed by atoms with Crippen LogP contribution in [0.3, 0.4) is 0 Å². The SMILES string of the molecule is CO[C@@H]1CCC[C@H]1[C@@H]1COCCN1Cc1ccc(C#N)cc1F. The zero-order chi connectivity index (χ0) is 16.2. The lowest BCUT2D eigenvalue weighted by atomic mass is 9.93. The van der Waals surface area contributed by atoms with E-state index in [1.165, 1.54) is 12.5 Å². The van der Waals surface area contributed by atoms with Crippen LogP contribution in [-0.2, 0) is 16.0 Å². The Labute approximate surface area is 136 Å². The first-order valence-corrected chi connectivity index (χ1v) is 8.26. The molecule has 2 fully saturated rings. The third-order valence-electron chi connectivity index (χ3n) is 5.14. The number of benzene rings is 1. The van der Waals surface area contributed by atoms with E-state index in [4.69, 9.17) is 14.7 Å². The first-order valence-electron chi connectivity index (χ1n) is 8.26. The maximum absolute atomic E-state index is 14.2. The van der Waals surface area contributed by atoms with Crippen LogP contribution in [0.4, 0.5) is 4.39 Å². The number of nitriles is 1. The number of rotatable bonds is 4. The second-order valence-electron chi connectivity index (χ2n) is 6.40. The molecule has 0 N–H and O–H groups in total. The molecule has 5 heteroatoms. The Morgan fingerprint density at radius 1 is 1.43 bits per heavy atom. The van der Waals surface area contributed by atoms with Gasteiger partial charge in [-0.15, -0.1) is 0 Å². The van der Waals surface area contributed by atoms with Gasteiger partial charge in [0, 0.05) is 37.7 Å². The Morgan fingerprint density at radius 3 is 3.04 bits per heavy atom. The number of halogens is 1. The van der Waals surface area contributed by atoms with Crippen LogP contribution < -0.4 is 0 Å². The van der Waals surface area contributed by atoms with Gasteiger partial charge in [-0.05, 0) is 25.0 Å². The van der Waals surface area contributed by atoms with Crippen molar-refractivity contribution < 1.29 is 13.9 Å². The molecule has 1 aromatic rings. The minimum Gasteiger partial charge on any atom is -0.381 e. The van der Waals surface area contributed by atoms with Crippen LogP contribution in [-0.4, -0.2) is 43.9 Å². The summed E-state index contributed by atoms with van der Waals surface area (Å²) in [6.07, 6.45) is 3.68. The van der Waals surface area contributed by atoms with Gasteiger partial charge in [0.05, 0.1) is 31.0 Å². The van der Waals surface area contributed by atoms with Crippen LogP contribution in [0.2, 0.25) is 0 Å². The van der Waals surface area contributed by atoms with Crippen LogP contribution in [0.15, 0.2) is 18.2 Å². The Hall–Kier alpha value is -1.48. The van der Waals surface area contributed by atoms with E-state index in [-0.39, 0.29) is 18.0 Å². The molecule has 0 spiro atoms. The molecule has 0 bridgehead atoms. The molecule has 4 nitrogen and oxygen atoms in total. The van der Waals surface area contributed by atoms with Crippen LogP contribution in [0.1, 0.15) is 30.4 Å². The van der Waals surface area contributed by atoms with E-state index < -0.39 is 0 Å². The van der Waals surface area contributed by atoms with Crippen molar-refractivity contribution in [3.63, 3.8) is 0 Å². The number of hydrogen-bond acceptors (Lipinski definition) is 4. The fraction of sp³-hybridized carbons (Fsp3) is 0.611. The number of nitrogens with zero attached hydrogens (tertiary/aromatic N) is 2. The molecule has 1 aromatic carbocycles. The summed E-state index contributed by atoms with van der Waals surface area (Å²) >= 11 is 0. The lowest BCUT2D eigenvalue weighted by Gasteiger charge is -2.40.